The summed E-state index contributed by atoms with van der Waals surface area (Å²) in [6.07, 6.45) is 3.05. The predicted molar refractivity (Wildman–Crippen MR) is 144 cm³/mol. The lowest BCUT2D eigenvalue weighted by molar-refractivity contribution is -0.118. The molecule has 0 aliphatic carbocycles. The number of nitrogens with one attached hydrogen (secondary N) is 2. The molecule has 0 radical (unpaired) electrons. The highest BCUT2D eigenvalue weighted by Crippen LogP contribution is 2.22. The molecule has 4 aromatic rings. The molecule has 0 bridgehead atoms. The van der Waals surface area contributed by atoms with Crippen molar-refractivity contribution in [2.24, 2.45) is 10.8 Å². The van der Waals surface area contributed by atoms with Crippen LogP contribution in [0.15, 0.2) is 90.2 Å². The molecule has 1 aromatic heterocycles. The highest BCUT2D eigenvalue weighted by atomic mass is 16.5. The van der Waals surface area contributed by atoms with Crippen LogP contribution in [-0.2, 0) is 11.3 Å². The Kier molecular flexibility index (Phi) is 8.25. The summed E-state index contributed by atoms with van der Waals surface area (Å²) in [5, 5.41) is 11.3. The molecule has 0 unspecified atom stereocenters. The number of hydrogen-bond donors (Lipinski definition) is 3. The number of ether oxygens (including phenoxy) is 1. The largest absolute Gasteiger partial charge is 0.493 e. The number of primary amides is 1. The molecule has 10 nitrogen and oxygen atoms in total. The Hall–Kier alpha value is -5.25. The van der Waals surface area contributed by atoms with Gasteiger partial charge in [-0.2, -0.15) is 10.2 Å². The summed E-state index contributed by atoms with van der Waals surface area (Å²) in [6.45, 7) is 2.15. The van der Waals surface area contributed by atoms with Crippen molar-refractivity contribution in [2.45, 2.75) is 13.5 Å². The summed E-state index contributed by atoms with van der Waals surface area (Å²) in [7, 11) is 0. The topological polar surface area (TPSA) is 141 Å². The first-order chi connectivity index (χ1) is 18.5. The Morgan fingerprint density at radius 1 is 0.947 bits per heavy atom. The maximum absolute atomic E-state index is 13.0. The lowest BCUT2D eigenvalue weighted by Crippen LogP contribution is -2.21. The molecule has 10 heteroatoms. The van der Waals surface area contributed by atoms with Crippen LogP contribution in [0, 0.1) is 0 Å². The van der Waals surface area contributed by atoms with Crippen molar-refractivity contribution in [3.8, 4) is 17.0 Å². The molecule has 0 atom stereocenters. The molecular weight excluding hydrogens is 484 g/mol. The highest BCUT2D eigenvalue weighted by molar-refractivity contribution is 6.10. The van der Waals surface area contributed by atoms with Gasteiger partial charge in [-0.3, -0.25) is 19.1 Å². The van der Waals surface area contributed by atoms with Gasteiger partial charge < -0.3 is 15.8 Å². The second-order valence-corrected chi connectivity index (χ2v) is 8.09. The van der Waals surface area contributed by atoms with Gasteiger partial charge in [0.2, 0.25) is 5.91 Å². The van der Waals surface area contributed by atoms with Crippen LogP contribution in [0.25, 0.3) is 11.3 Å². The molecule has 4 N–H and O–H groups in total. The predicted octanol–water partition coefficient (Wildman–Crippen LogP) is 3.45. The average molecular weight is 511 g/mol. The van der Waals surface area contributed by atoms with Crippen molar-refractivity contribution >= 4 is 29.6 Å². The molecule has 1 heterocycles. The number of hydrazone groups is 1. The van der Waals surface area contributed by atoms with Crippen LogP contribution in [0.3, 0.4) is 0 Å². The lowest BCUT2D eigenvalue weighted by Gasteiger charge is -2.12. The minimum atomic E-state index is -0.536. The van der Waals surface area contributed by atoms with E-state index in [4.69, 9.17) is 10.5 Å². The van der Waals surface area contributed by atoms with Crippen LogP contribution in [0.4, 0.5) is 5.69 Å². The molecule has 192 valence electrons. The summed E-state index contributed by atoms with van der Waals surface area (Å²) < 4.78 is 6.96. The smallest absolute Gasteiger partial charge is 0.273 e. The van der Waals surface area contributed by atoms with E-state index in [0.717, 1.165) is 5.56 Å². The Morgan fingerprint density at radius 3 is 2.37 bits per heavy atom. The van der Waals surface area contributed by atoms with E-state index in [9.17, 15) is 14.4 Å². The highest BCUT2D eigenvalue weighted by Gasteiger charge is 2.17. The molecule has 0 spiro atoms. The second-order valence-electron chi connectivity index (χ2n) is 8.09. The van der Waals surface area contributed by atoms with Gasteiger partial charge in [0.25, 0.3) is 11.8 Å². The van der Waals surface area contributed by atoms with E-state index in [1.807, 2.05) is 37.3 Å². The summed E-state index contributed by atoms with van der Waals surface area (Å²) in [5.74, 6) is -1.02. The van der Waals surface area contributed by atoms with Gasteiger partial charge in [0.15, 0.2) is 0 Å². The molecule has 0 aliphatic rings. The van der Waals surface area contributed by atoms with Gasteiger partial charge in [-0.05, 0) is 31.2 Å². The zero-order valence-corrected chi connectivity index (χ0v) is 20.6. The number of para-hydroxylation sites is 2. The van der Waals surface area contributed by atoms with Gasteiger partial charge >= 0.3 is 0 Å². The fraction of sp³-hybridized carbons (Fsp3) is 0.107. The van der Waals surface area contributed by atoms with Crippen molar-refractivity contribution in [1.29, 1.82) is 0 Å². The van der Waals surface area contributed by atoms with Crippen molar-refractivity contribution in [3.05, 3.63) is 102 Å². The van der Waals surface area contributed by atoms with Crippen LogP contribution < -0.4 is 21.2 Å². The molecule has 3 aromatic carbocycles. The molecular formula is C28H26N6O4. The van der Waals surface area contributed by atoms with E-state index in [1.165, 1.54) is 10.9 Å². The molecule has 0 aliphatic heterocycles. The summed E-state index contributed by atoms with van der Waals surface area (Å²) in [6, 6.07) is 22.8. The van der Waals surface area contributed by atoms with Crippen molar-refractivity contribution < 1.29 is 19.1 Å². The third-order valence-electron chi connectivity index (χ3n) is 5.38. The maximum atomic E-state index is 13.0. The SMILES string of the molecule is CCOc1ccccc1C(=O)Nc1ccccc1C(=O)N/N=C/c1cn(CC(N)=O)nc1-c1ccccc1. The first kappa shape index (κ1) is 25.8. The van der Waals surface area contributed by atoms with Gasteiger partial charge in [0.1, 0.15) is 18.0 Å². The number of carbonyl (C=O) groups excluding carboxylic acids is 3. The van der Waals surface area contributed by atoms with Crippen LogP contribution in [0.2, 0.25) is 0 Å². The zero-order chi connectivity index (χ0) is 26.9. The molecule has 4 rings (SSSR count). The number of carbonyl (C=O) groups is 3. The number of benzene rings is 3. The Morgan fingerprint density at radius 2 is 1.63 bits per heavy atom. The Bertz CT molecular complexity index is 1480. The third kappa shape index (κ3) is 6.30. The molecule has 0 saturated heterocycles. The van der Waals surface area contributed by atoms with Crippen molar-refractivity contribution in [3.63, 3.8) is 0 Å². The van der Waals surface area contributed by atoms with E-state index in [0.29, 0.717) is 34.9 Å². The Balaban J connectivity index is 1.52. The maximum Gasteiger partial charge on any atom is 0.273 e. The van der Waals surface area contributed by atoms with E-state index in [2.05, 4.69) is 20.9 Å². The standard InChI is InChI=1S/C28H26N6O4/c1-2-38-24-15-9-7-13-22(24)27(36)31-23-14-8-6-12-21(23)28(37)32-30-16-20-17-34(18-25(29)35)33-26(20)19-10-4-3-5-11-19/h3-17H,2,18H2,1H3,(H2,29,35)(H,31,36)(H,32,37)/b30-16+. The first-order valence-electron chi connectivity index (χ1n) is 11.8. The van der Waals surface area contributed by atoms with E-state index >= 15 is 0 Å². The normalized spacial score (nSPS) is 10.8. The molecule has 0 saturated carbocycles. The van der Waals surface area contributed by atoms with E-state index in [1.54, 1.807) is 54.7 Å². The van der Waals surface area contributed by atoms with Gasteiger partial charge in [-0.1, -0.05) is 54.6 Å². The van der Waals surface area contributed by atoms with E-state index < -0.39 is 17.7 Å². The van der Waals surface area contributed by atoms with Crippen LogP contribution in [0.1, 0.15) is 33.2 Å². The van der Waals surface area contributed by atoms with Crippen LogP contribution in [0.5, 0.6) is 5.75 Å². The number of hydrogen-bond acceptors (Lipinski definition) is 6. The van der Waals surface area contributed by atoms with Crippen LogP contribution in [-0.4, -0.2) is 40.3 Å². The summed E-state index contributed by atoms with van der Waals surface area (Å²) in [4.78, 5) is 37.3. The Labute approximate surface area is 219 Å². The molecule has 0 fully saturated rings. The summed E-state index contributed by atoms with van der Waals surface area (Å²) >= 11 is 0. The lowest BCUT2D eigenvalue weighted by atomic mass is 10.1. The molecule has 38 heavy (non-hydrogen) atoms. The number of amides is 3. The number of nitrogens with two attached hydrogens (primary N) is 1. The van der Waals surface area contributed by atoms with Gasteiger partial charge in [-0.25, -0.2) is 5.43 Å². The fourth-order valence-corrected chi connectivity index (χ4v) is 3.73. The van der Waals surface area contributed by atoms with Gasteiger partial charge in [0, 0.05) is 17.3 Å². The minimum absolute atomic E-state index is 0.0977. The fourth-order valence-electron chi connectivity index (χ4n) is 3.73. The number of aromatic nitrogens is 2. The molecule has 3 amide bonds. The van der Waals surface area contributed by atoms with Crippen molar-refractivity contribution in [2.75, 3.05) is 11.9 Å². The number of rotatable bonds is 10. The van der Waals surface area contributed by atoms with Gasteiger partial charge in [-0.15, -0.1) is 0 Å². The minimum Gasteiger partial charge on any atom is -0.493 e. The monoisotopic (exact) mass is 510 g/mol. The second kappa shape index (κ2) is 12.1. The summed E-state index contributed by atoms with van der Waals surface area (Å²) in [5.41, 5.74) is 10.6. The number of nitrogens with zero attached hydrogens (tertiary/aromatic N) is 3. The zero-order valence-electron chi connectivity index (χ0n) is 20.6. The van der Waals surface area contributed by atoms with Crippen molar-refractivity contribution in [1.82, 2.24) is 15.2 Å². The number of anilines is 1. The average Bonchev–Trinajstić information content (AvgIpc) is 3.31. The van der Waals surface area contributed by atoms with E-state index in [-0.39, 0.29) is 12.1 Å². The van der Waals surface area contributed by atoms with Crippen LogP contribution >= 0.6 is 0 Å². The van der Waals surface area contributed by atoms with Gasteiger partial charge in [0.05, 0.1) is 29.6 Å². The third-order valence-corrected chi connectivity index (χ3v) is 5.38. The first-order valence-corrected chi connectivity index (χ1v) is 11.8. The quantitative estimate of drug-likeness (QED) is 0.221.